The Hall–Kier alpha value is -0.390. The van der Waals surface area contributed by atoms with Gasteiger partial charge in [-0.15, -0.1) is 35.3 Å². The average molecular weight is 531 g/mol. The maximum atomic E-state index is 12.5. The van der Waals surface area contributed by atoms with Gasteiger partial charge >= 0.3 is 0 Å². The van der Waals surface area contributed by atoms with Gasteiger partial charge in [0.2, 0.25) is 0 Å². The van der Waals surface area contributed by atoms with Gasteiger partial charge in [-0.25, -0.2) is 8.42 Å². The van der Waals surface area contributed by atoms with Crippen molar-refractivity contribution in [3.8, 4) is 0 Å². The fourth-order valence-electron chi connectivity index (χ4n) is 2.40. The smallest absolute Gasteiger partial charge is 0.252 e. The van der Waals surface area contributed by atoms with E-state index >= 15 is 0 Å². The largest absolute Gasteiger partial charge is 0.357 e. The summed E-state index contributed by atoms with van der Waals surface area (Å²) < 4.78 is 27.0. The third-order valence-electron chi connectivity index (χ3n) is 3.92. The first-order valence-electron chi connectivity index (χ1n) is 9.46. The zero-order valence-electron chi connectivity index (χ0n) is 17.1. The lowest BCUT2D eigenvalue weighted by Gasteiger charge is -2.16. The molecule has 1 aromatic heterocycles. The molecule has 0 atom stereocenters. The molecule has 6 nitrogen and oxygen atoms in total. The molecule has 0 spiro atoms. The molecule has 0 fully saturated rings. The number of sulfonamides is 1. The van der Waals surface area contributed by atoms with E-state index in [2.05, 4.69) is 29.5 Å². The summed E-state index contributed by atoms with van der Waals surface area (Å²) in [5.74, 6) is 1.46. The van der Waals surface area contributed by atoms with E-state index in [4.69, 9.17) is 0 Å². The van der Waals surface area contributed by atoms with Crippen molar-refractivity contribution >= 4 is 51.3 Å². The lowest BCUT2D eigenvalue weighted by Crippen LogP contribution is -2.38. The van der Waals surface area contributed by atoms with E-state index in [0.29, 0.717) is 23.2 Å². The van der Waals surface area contributed by atoms with Crippen LogP contribution in [0.4, 0.5) is 0 Å². The molecule has 158 valence electrons. The quantitative estimate of drug-likeness (QED) is 0.261. The molecule has 0 radical (unpaired) electrons. The van der Waals surface area contributed by atoms with Crippen LogP contribution in [0, 0.1) is 5.92 Å². The van der Waals surface area contributed by atoms with E-state index < -0.39 is 10.0 Å². The van der Waals surface area contributed by atoms with Gasteiger partial charge in [0, 0.05) is 37.6 Å². The lowest BCUT2D eigenvalue weighted by molar-refractivity contribution is 0.447. The molecule has 0 saturated heterocycles. The Morgan fingerprint density at radius 1 is 1.19 bits per heavy atom. The number of hydrogen-bond acceptors (Lipinski definition) is 4. The highest BCUT2D eigenvalue weighted by Gasteiger charge is 2.23. The first kappa shape index (κ1) is 26.6. The van der Waals surface area contributed by atoms with Gasteiger partial charge in [0.05, 0.1) is 0 Å². The van der Waals surface area contributed by atoms with Crippen LogP contribution in [0.2, 0.25) is 0 Å². The number of rotatable bonds is 11. The second-order valence-corrected chi connectivity index (χ2v) is 9.76. The second-order valence-electron chi connectivity index (χ2n) is 6.43. The number of thiophene rings is 1. The van der Waals surface area contributed by atoms with Gasteiger partial charge in [0.1, 0.15) is 4.21 Å². The zero-order chi connectivity index (χ0) is 19.6. The first-order chi connectivity index (χ1) is 12.3. The standard InChI is InChI=1S/C18H34N4O2S2.HI/c1-6-19-18(20-13-11-15(4)5)21-14-12-16-9-10-17(25-16)26(23,24)22(7-2)8-3;/h9-10,15H,6-8,11-14H2,1-5H3,(H2,19,20,21);1H. The SMILES string of the molecule is CCNC(=NCCC(C)C)NCCc1ccc(S(=O)(=O)N(CC)CC)s1.I. The van der Waals surface area contributed by atoms with Crippen molar-refractivity contribution in [3.63, 3.8) is 0 Å². The van der Waals surface area contributed by atoms with E-state index in [9.17, 15) is 8.42 Å². The van der Waals surface area contributed by atoms with Gasteiger partial charge in [-0.1, -0.05) is 27.7 Å². The Balaban J connectivity index is 0.00000676. The Morgan fingerprint density at radius 3 is 2.41 bits per heavy atom. The van der Waals surface area contributed by atoms with Crippen molar-refractivity contribution in [2.75, 3.05) is 32.7 Å². The Morgan fingerprint density at radius 2 is 1.85 bits per heavy atom. The van der Waals surface area contributed by atoms with Gasteiger partial charge in [-0.3, -0.25) is 4.99 Å². The van der Waals surface area contributed by atoms with Crippen LogP contribution < -0.4 is 10.6 Å². The number of halogens is 1. The number of guanidine groups is 1. The number of aliphatic imine (C=N–C) groups is 1. The van der Waals surface area contributed by atoms with Crippen LogP contribution in [0.5, 0.6) is 0 Å². The van der Waals surface area contributed by atoms with Crippen LogP contribution >= 0.6 is 35.3 Å². The maximum Gasteiger partial charge on any atom is 0.252 e. The molecule has 0 aromatic carbocycles. The predicted molar refractivity (Wildman–Crippen MR) is 127 cm³/mol. The van der Waals surface area contributed by atoms with E-state index in [0.717, 1.165) is 43.3 Å². The molecule has 0 aliphatic carbocycles. The van der Waals surface area contributed by atoms with Crippen molar-refractivity contribution < 1.29 is 8.42 Å². The van der Waals surface area contributed by atoms with Crippen LogP contribution in [-0.2, 0) is 16.4 Å². The zero-order valence-corrected chi connectivity index (χ0v) is 21.1. The third kappa shape index (κ3) is 9.10. The van der Waals surface area contributed by atoms with Gasteiger partial charge in [0.15, 0.2) is 5.96 Å². The van der Waals surface area contributed by atoms with Crippen LogP contribution in [0.15, 0.2) is 21.3 Å². The van der Waals surface area contributed by atoms with E-state index in [-0.39, 0.29) is 24.0 Å². The number of nitrogens with one attached hydrogen (secondary N) is 2. The third-order valence-corrected chi connectivity index (χ3v) is 7.58. The van der Waals surface area contributed by atoms with E-state index in [1.165, 1.54) is 15.6 Å². The maximum absolute atomic E-state index is 12.5. The molecule has 1 aromatic rings. The Kier molecular flexibility index (Phi) is 13.5. The Labute approximate surface area is 186 Å². The molecular formula is C18H35IN4O2S2. The van der Waals surface area contributed by atoms with E-state index in [1.54, 1.807) is 6.07 Å². The molecule has 0 saturated carbocycles. The predicted octanol–water partition coefficient (Wildman–Crippen LogP) is 3.54. The number of hydrogen-bond donors (Lipinski definition) is 2. The van der Waals surface area contributed by atoms with Gasteiger partial charge in [0.25, 0.3) is 10.0 Å². The molecule has 0 amide bonds. The molecule has 0 bridgehead atoms. The summed E-state index contributed by atoms with van der Waals surface area (Å²) in [6.07, 6.45) is 1.83. The lowest BCUT2D eigenvalue weighted by atomic mass is 10.1. The molecule has 1 rings (SSSR count). The minimum Gasteiger partial charge on any atom is -0.357 e. The first-order valence-corrected chi connectivity index (χ1v) is 11.7. The van der Waals surface area contributed by atoms with Crippen molar-refractivity contribution in [3.05, 3.63) is 17.0 Å². The van der Waals surface area contributed by atoms with E-state index in [1.807, 2.05) is 26.8 Å². The monoisotopic (exact) mass is 530 g/mol. The van der Waals surface area contributed by atoms with Crippen molar-refractivity contribution in [2.45, 2.75) is 51.7 Å². The highest BCUT2D eigenvalue weighted by Crippen LogP contribution is 2.25. The summed E-state index contributed by atoms with van der Waals surface area (Å²) in [6, 6.07) is 3.63. The molecule has 2 N–H and O–H groups in total. The van der Waals surface area contributed by atoms with Crippen LogP contribution in [0.25, 0.3) is 0 Å². The van der Waals surface area contributed by atoms with Crippen molar-refractivity contribution in [2.24, 2.45) is 10.9 Å². The van der Waals surface area contributed by atoms with Crippen LogP contribution in [0.1, 0.15) is 45.9 Å². The summed E-state index contributed by atoms with van der Waals surface area (Å²) in [5.41, 5.74) is 0. The summed E-state index contributed by atoms with van der Waals surface area (Å²) in [5, 5.41) is 6.56. The average Bonchev–Trinajstić information content (AvgIpc) is 3.05. The van der Waals surface area contributed by atoms with Crippen LogP contribution in [0.3, 0.4) is 0 Å². The Bertz CT molecular complexity index is 656. The summed E-state index contributed by atoms with van der Waals surface area (Å²) in [4.78, 5) is 5.63. The fourth-order valence-corrected chi connectivity index (χ4v) is 5.37. The molecule has 1 heterocycles. The second kappa shape index (κ2) is 13.7. The van der Waals surface area contributed by atoms with Gasteiger partial charge in [-0.05, 0) is 37.8 Å². The summed E-state index contributed by atoms with van der Waals surface area (Å²) in [7, 11) is -3.36. The van der Waals surface area contributed by atoms with Crippen LogP contribution in [-0.4, -0.2) is 51.4 Å². The molecule has 0 aliphatic heterocycles. The minimum absolute atomic E-state index is 0. The summed E-state index contributed by atoms with van der Waals surface area (Å²) in [6.45, 7) is 13.5. The van der Waals surface area contributed by atoms with Crippen molar-refractivity contribution in [1.82, 2.24) is 14.9 Å². The fraction of sp³-hybridized carbons (Fsp3) is 0.722. The molecule has 27 heavy (non-hydrogen) atoms. The normalized spacial score (nSPS) is 12.3. The number of nitrogens with zero attached hydrogens (tertiary/aromatic N) is 2. The highest BCUT2D eigenvalue weighted by atomic mass is 127. The highest BCUT2D eigenvalue weighted by molar-refractivity contribution is 14.0. The molecular weight excluding hydrogens is 495 g/mol. The minimum atomic E-state index is -3.36. The van der Waals surface area contributed by atoms with Crippen molar-refractivity contribution in [1.29, 1.82) is 0 Å². The topological polar surface area (TPSA) is 73.8 Å². The molecule has 9 heteroatoms. The summed E-state index contributed by atoms with van der Waals surface area (Å²) >= 11 is 1.36. The molecule has 0 unspecified atom stereocenters. The molecule has 0 aliphatic rings. The van der Waals surface area contributed by atoms with Gasteiger partial charge < -0.3 is 10.6 Å². The van der Waals surface area contributed by atoms with Gasteiger partial charge in [-0.2, -0.15) is 4.31 Å².